The normalized spacial score (nSPS) is 20.1. The van der Waals surface area contributed by atoms with Gasteiger partial charge in [-0.3, -0.25) is 19.4 Å². The maximum Gasteiger partial charge on any atom is 0.259 e. The first-order valence-corrected chi connectivity index (χ1v) is 10.5. The SMILES string of the molecule is O=C(C1=NN(c2ccccc2)C2C(=O)N(c3ccc(Br)cc3)C(=O)C12)c1ccccc1. The van der Waals surface area contributed by atoms with Crippen molar-refractivity contribution in [2.75, 3.05) is 9.91 Å². The van der Waals surface area contributed by atoms with Crippen molar-refractivity contribution < 1.29 is 14.4 Å². The highest BCUT2D eigenvalue weighted by Crippen LogP contribution is 2.38. The van der Waals surface area contributed by atoms with Crippen molar-refractivity contribution in [3.8, 4) is 0 Å². The fourth-order valence-corrected chi connectivity index (χ4v) is 4.24. The molecule has 3 aromatic rings. The van der Waals surface area contributed by atoms with Gasteiger partial charge in [0.1, 0.15) is 17.7 Å². The molecule has 1 saturated heterocycles. The second-order valence-corrected chi connectivity index (χ2v) is 8.19. The van der Waals surface area contributed by atoms with Gasteiger partial charge in [0.25, 0.3) is 5.91 Å². The molecule has 2 unspecified atom stereocenters. The first kappa shape index (κ1) is 19.4. The number of hydrogen-bond acceptors (Lipinski definition) is 5. The van der Waals surface area contributed by atoms with Crippen molar-refractivity contribution in [1.82, 2.24) is 0 Å². The van der Waals surface area contributed by atoms with Gasteiger partial charge < -0.3 is 0 Å². The number of halogens is 1. The minimum atomic E-state index is -0.968. The summed E-state index contributed by atoms with van der Waals surface area (Å²) in [5.41, 5.74) is 1.62. The minimum Gasteiger partial charge on any atom is -0.287 e. The van der Waals surface area contributed by atoms with Gasteiger partial charge in [0.05, 0.1) is 11.4 Å². The van der Waals surface area contributed by atoms with E-state index in [4.69, 9.17) is 0 Å². The molecule has 6 nitrogen and oxygen atoms in total. The van der Waals surface area contributed by atoms with Crippen LogP contribution in [-0.2, 0) is 9.59 Å². The van der Waals surface area contributed by atoms with Gasteiger partial charge in [-0.25, -0.2) is 4.90 Å². The molecule has 0 bridgehead atoms. The van der Waals surface area contributed by atoms with Crippen LogP contribution in [0.5, 0.6) is 0 Å². The van der Waals surface area contributed by atoms with Crippen LogP contribution in [0.1, 0.15) is 10.4 Å². The van der Waals surface area contributed by atoms with Crippen LogP contribution in [-0.4, -0.2) is 29.4 Å². The van der Waals surface area contributed by atoms with Crippen LogP contribution >= 0.6 is 15.9 Å². The number of nitrogens with zero attached hydrogens (tertiary/aromatic N) is 3. The van der Waals surface area contributed by atoms with E-state index >= 15 is 0 Å². The molecule has 31 heavy (non-hydrogen) atoms. The molecule has 5 rings (SSSR count). The average molecular weight is 474 g/mol. The predicted octanol–water partition coefficient (Wildman–Crippen LogP) is 4.07. The minimum absolute atomic E-state index is 0.0815. The van der Waals surface area contributed by atoms with Crippen molar-refractivity contribution in [3.05, 3.63) is 95.0 Å². The molecule has 3 aromatic carbocycles. The Hall–Kier alpha value is -3.58. The van der Waals surface area contributed by atoms with Crippen molar-refractivity contribution in [2.24, 2.45) is 11.0 Å². The quantitative estimate of drug-likeness (QED) is 0.423. The monoisotopic (exact) mass is 473 g/mol. The van der Waals surface area contributed by atoms with Gasteiger partial charge in [-0.1, -0.05) is 64.5 Å². The van der Waals surface area contributed by atoms with Gasteiger partial charge in [0.15, 0.2) is 0 Å². The number of hydrogen-bond donors (Lipinski definition) is 0. The van der Waals surface area contributed by atoms with Crippen LogP contribution in [0, 0.1) is 5.92 Å². The molecule has 7 heteroatoms. The zero-order valence-electron chi connectivity index (χ0n) is 16.2. The lowest BCUT2D eigenvalue weighted by Crippen LogP contribution is -2.39. The van der Waals surface area contributed by atoms with E-state index in [1.807, 2.05) is 24.3 Å². The zero-order valence-corrected chi connectivity index (χ0v) is 17.8. The molecule has 2 amide bonds. The number of carbonyl (C=O) groups is 3. The van der Waals surface area contributed by atoms with E-state index < -0.39 is 23.8 Å². The number of anilines is 2. The van der Waals surface area contributed by atoms with Crippen molar-refractivity contribution in [1.29, 1.82) is 0 Å². The first-order chi connectivity index (χ1) is 15.1. The fraction of sp³-hybridized carbons (Fsp3) is 0.0833. The van der Waals surface area contributed by atoms with Gasteiger partial charge in [-0.05, 0) is 36.4 Å². The molecule has 1 fully saturated rings. The Morgan fingerprint density at radius 3 is 2.03 bits per heavy atom. The maximum atomic E-state index is 13.4. The molecule has 2 aliphatic rings. The molecule has 2 aliphatic heterocycles. The van der Waals surface area contributed by atoms with Gasteiger partial charge in [-0.15, -0.1) is 0 Å². The number of amides is 2. The number of fused-ring (bicyclic) bond motifs is 1. The van der Waals surface area contributed by atoms with Crippen LogP contribution in [0.2, 0.25) is 0 Å². The lowest BCUT2D eigenvalue weighted by molar-refractivity contribution is -0.121. The molecule has 2 heterocycles. The third-order valence-electron chi connectivity index (χ3n) is 5.42. The first-order valence-electron chi connectivity index (χ1n) is 9.72. The molecule has 0 aromatic heterocycles. The van der Waals surface area contributed by atoms with Crippen LogP contribution in [0.15, 0.2) is 94.5 Å². The molecule has 0 saturated carbocycles. The van der Waals surface area contributed by atoms with E-state index in [2.05, 4.69) is 21.0 Å². The highest BCUT2D eigenvalue weighted by molar-refractivity contribution is 9.10. The molecule has 0 radical (unpaired) electrons. The number of ketones is 1. The van der Waals surface area contributed by atoms with E-state index in [1.54, 1.807) is 60.7 Å². The van der Waals surface area contributed by atoms with Crippen molar-refractivity contribution in [3.63, 3.8) is 0 Å². The number of carbonyl (C=O) groups excluding carboxylic acids is 3. The Bertz CT molecular complexity index is 1210. The van der Waals surface area contributed by atoms with E-state index in [-0.39, 0.29) is 11.5 Å². The Balaban J connectivity index is 1.61. The van der Waals surface area contributed by atoms with Crippen LogP contribution in [0.25, 0.3) is 0 Å². The summed E-state index contributed by atoms with van der Waals surface area (Å²) in [5.74, 6) is -2.17. The summed E-state index contributed by atoms with van der Waals surface area (Å²) in [6.07, 6.45) is 0. The number of imide groups is 1. The largest absolute Gasteiger partial charge is 0.287 e. The Morgan fingerprint density at radius 1 is 0.774 bits per heavy atom. The summed E-state index contributed by atoms with van der Waals surface area (Å²) in [4.78, 5) is 41.3. The van der Waals surface area contributed by atoms with E-state index in [9.17, 15) is 14.4 Å². The molecule has 152 valence electrons. The fourth-order valence-electron chi connectivity index (χ4n) is 3.98. The average Bonchev–Trinajstić information content (AvgIpc) is 3.32. The summed E-state index contributed by atoms with van der Waals surface area (Å²) in [7, 11) is 0. The number of rotatable bonds is 4. The van der Waals surface area contributed by atoms with Gasteiger partial charge >= 0.3 is 0 Å². The van der Waals surface area contributed by atoms with E-state index in [1.165, 1.54) is 5.01 Å². The summed E-state index contributed by atoms with van der Waals surface area (Å²) in [6.45, 7) is 0. The van der Waals surface area contributed by atoms with E-state index in [0.717, 1.165) is 9.37 Å². The second kappa shape index (κ2) is 7.59. The van der Waals surface area contributed by atoms with Crippen LogP contribution in [0.4, 0.5) is 11.4 Å². The van der Waals surface area contributed by atoms with Crippen LogP contribution in [0.3, 0.4) is 0 Å². The molecule has 0 spiro atoms. The summed E-state index contributed by atoms with van der Waals surface area (Å²) in [5, 5.41) is 5.99. The third kappa shape index (κ3) is 3.18. The van der Waals surface area contributed by atoms with Crippen LogP contribution < -0.4 is 9.91 Å². The smallest absolute Gasteiger partial charge is 0.259 e. The zero-order chi connectivity index (χ0) is 21.5. The Labute approximate surface area is 186 Å². The summed E-state index contributed by atoms with van der Waals surface area (Å²) in [6, 6.07) is 23.8. The topological polar surface area (TPSA) is 70.1 Å². The molecule has 2 atom stereocenters. The molecule has 0 aliphatic carbocycles. The highest BCUT2D eigenvalue weighted by atomic mass is 79.9. The van der Waals surface area contributed by atoms with Gasteiger partial charge in [0, 0.05) is 10.0 Å². The number of Topliss-reactive ketones (excluding diaryl/α,β-unsaturated/α-hetero) is 1. The molecular formula is C24H16BrN3O3. The van der Waals surface area contributed by atoms with Crippen molar-refractivity contribution >= 4 is 50.6 Å². The third-order valence-corrected chi connectivity index (χ3v) is 5.95. The predicted molar refractivity (Wildman–Crippen MR) is 121 cm³/mol. The molecule has 0 N–H and O–H groups in total. The molecular weight excluding hydrogens is 458 g/mol. The lowest BCUT2D eigenvalue weighted by atomic mass is 9.92. The lowest BCUT2D eigenvalue weighted by Gasteiger charge is -2.22. The number of benzene rings is 3. The van der Waals surface area contributed by atoms with Gasteiger partial charge in [0.2, 0.25) is 11.7 Å². The van der Waals surface area contributed by atoms with Crippen molar-refractivity contribution in [2.45, 2.75) is 6.04 Å². The second-order valence-electron chi connectivity index (χ2n) is 7.27. The van der Waals surface area contributed by atoms with E-state index in [0.29, 0.717) is 16.9 Å². The number of para-hydroxylation sites is 1. The summed E-state index contributed by atoms with van der Waals surface area (Å²) < 4.78 is 0.836. The summed E-state index contributed by atoms with van der Waals surface area (Å²) >= 11 is 3.37. The number of hydrazone groups is 1. The Morgan fingerprint density at radius 2 is 1.39 bits per heavy atom. The maximum absolute atomic E-state index is 13.4. The standard InChI is InChI=1S/C24H16BrN3O3/c25-16-11-13-17(14-12-16)27-23(30)19-20(22(29)15-7-3-1-4-8-15)26-28(21(19)24(27)31)18-9-5-2-6-10-18/h1-14,19,21H. The van der Waals surface area contributed by atoms with Gasteiger partial charge in [-0.2, -0.15) is 5.10 Å². The Kier molecular flexibility index (Phi) is 4.75. The highest BCUT2D eigenvalue weighted by Gasteiger charge is 2.58.